The zero-order valence-corrected chi connectivity index (χ0v) is 8.88. The van der Waals surface area contributed by atoms with Gasteiger partial charge < -0.3 is 5.32 Å². The number of fused-ring (bicyclic) bond motifs is 2. The van der Waals surface area contributed by atoms with Gasteiger partial charge in [-0.3, -0.25) is 4.79 Å². The monoisotopic (exact) mass is 217 g/mol. The zero-order valence-electron chi connectivity index (χ0n) is 8.88. The second-order valence-corrected chi connectivity index (χ2v) is 4.94. The van der Waals surface area contributed by atoms with Gasteiger partial charge in [-0.1, -0.05) is 6.42 Å². The van der Waals surface area contributed by atoms with Crippen LogP contribution < -0.4 is 5.32 Å². The summed E-state index contributed by atoms with van der Waals surface area (Å²) < 4.78 is 24.1. The minimum absolute atomic E-state index is 0.0956. The summed E-state index contributed by atoms with van der Waals surface area (Å²) in [6.07, 6.45) is 1.96. The van der Waals surface area contributed by atoms with E-state index in [9.17, 15) is 13.6 Å². The highest BCUT2D eigenvalue weighted by atomic mass is 19.3. The van der Waals surface area contributed by atoms with Crippen molar-refractivity contribution in [1.82, 2.24) is 5.32 Å². The molecule has 0 saturated heterocycles. The summed E-state index contributed by atoms with van der Waals surface area (Å²) in [6.45, 7) is 1.85. The van der Waals surface area contributed by atoms with E-state index in [1.54, 1.807) is 0 Å². The third-order valence-corrected chi connectivity index (χ3v) is 4.00. The summed E-state index contributed by atoms with van der Waals surface area (Å²) in [4.78, 5) is 10.9. The van der Waals surface area contributed by atoms with Gasteiger partial charge in [-0.15, -0.1) is 0 Å². The lowest BCUT2D eigenvalue weighted by Gasteiger charge is -2.28. The van der Waals surface area contributed by atoms with Crippen molar-refractivity contribution in [3.8, 4) is 0 Å². The standard InChI is InChI=1S/C11H17F2NO/c1-6(14-11(15)10(12)13)9-5-7-2-3-8(9)4-7/h6-10H,2-5H2,1H3,(H,14,15). The third-order valence-electron chi connectivity index (χ3n) is 4.00. The summed E-state index contributed by atoms with van der Waals surface area (Å²) in [6, 6.07) is -0.0956. The van der Waals surface area contributed by atoms with Gasteiger partial charge in [0.05, 0.1) is 0 Å². The Morgan fingerprint density at radius 2 is 2.07 bits per heavy atom. The van der Waals surface area contributed by atoms with Crippen LogP contribution in [0.4, 0.5) is 8.78 Å². The second-order valence-electron chi connectivity index (χ2n) is 4.94. The number of nitrogens with one attached hydrogen (secondary N) is 1. The van der Waals surface area contributed by atoms with Gasteiger partial charge in [-0.25, -0.2) is 0 Å². The van der Waals surface area contributed by atoms with Crippen molar-refractivity contribution in [1.29, 1.82) is 0 Å². The van der Waals surface area contributed by atoms with Crippen LogP contribution in [0.1, 0.15) is 32.6 Å². The Balaban J connectivity index is 1.86. The number of alkyl halides is 2. The average Bonchev–Trinajstić information content (AvgIpc) is 2.78. The molecule has 1 amide bonds. The fourth-order valence-electron chi connectivity index (χ4n) is 3.30. The summed E-state index contributed by atoms with van der Waals surface area (Å²) in [7, 11) is 0. The molecule has 0 aromatic carbocycles. The molecule has 2 saturated carbocycles. The number of hydrogen-bond donors (Lipinski definition) is 1. The van der Waals surface area contributed by atoms with E-state index >= 15 is 0 Å². The molecule has 0 spiro atoms. The molecule has 2 rings (SSSR count). The maximum Gasteiger partial charge on any atom is 0.315 e. The topological polar surface area (TPSA) is 29.1 Å². The lowest BCUT2D eigenvalue weighted by atomic mass is 9.84. The SMILES string of the molecule is CC(NC(=O)C(F)F)C1CC2CCC1C2. The minimum Gasteiger partial charge on any atom is -0.348 e. The third kappa shape index (κ3) is 2.13. The van der Waals surface area contributed by atoms with Crippen LogP contribution in [0.5, 0.6) is 0 Å². The van der Waals surface area contributed by atoms with E-state index in [0.717, 1.165) is 12.3 Å². The minimum atomic E-state index is -2.88. The normalized spacial score (nSPS) is 35.9. The molecule has 0 radical (unpaired) electrons. The van der Waals surface area contributed by atoms with Gasteiger partial charge in [0.15, 0.2) is 0 Å². The summed E-state index contributed by atoms with van der Waals surface area (Å²) in [5.41, 5.74) is 0. The number of rotatable bonds is 3. The van der Waals surface area contributed by atoms with Gasteiger partial charge in [-0.05, 0) is 43.9 Å². The van der Waals surface area contributed by atoms with Crippen LogP contribution in [-0.4, -0.2) is 18.4 Å². The van der Waals surface area contributed by atoms with Crippen LogP contribution in [0.2, 0.25) is 0 Å². The molecule has 0 aromatic heterocycles. The summed E-state index contributed by atoms with van der Waals surface area (Å²) in [5, 5.41) is 2.42. The molecule has 2 fully saturated rings. The molecular formula is C11H17F2NO. The summed E-state index contributed by atoms with van der Waals surface area (Å²) in [5.74, 6) is 0.741. The summed E-state index contributed by atoms with van der Waals surface area (Å²) >= 11 is 0. The number of carbonyl (C=O) groups excluding carboxylic acids is 1. The van der Waals surface area contributed by atoms with Crippen LogP contribution >= 0.6 is 0 Å². The molecule has 2 bridgehead atoms. The number of carbonyl (C=O) groups is 1. The highest BCUT2D eigenvalue weighted by Crippen LogP contribution is 2.49. The average molecular weight is 217 g/mol. The van der Waals surface area contributed by atoms with E-state index in [-0.39, 0.29) is 6.04 Å². The molecule has 0 aliphatic heterocycles. The van der Waals surface area contributed by atoms with Gasteiger partial charge >= 0.3 is 6.43 Å². The molecule has 2 aliphatic rings. The molecule has 15 heavy (non-hydrogen) atoms. The molecule has 2 nitrogen and oxygen atoms in total. The van der Waals surface area contributed by atoms with Crippen LogP contribution in [0.15, 0.2) is 0 Å². The number of hydrogen-bond acceptors (Lipinski definition) is 1. The number of halogens is 2. The lowest BCUT2D eigenvalue weighted by molar-refractivity contribution is -0.132. The quantitative estimate of drug-likeness (QED) is 0.771. The van der Waals surface area contributed by atoms with Crippen molar-refractivity contribution in [3.05, 3.63) is 0 Å². The molecule has 4 atom stereocenters. The highest BCUT2D eigenvalue weighted by molar-refractivity contribution is 5.79. The molecule has 2 aliphatic carbocycles. The van der Waals surface area contributed by atoms with E-state index in [0.29, 0.717) is 11.8 Å². The molecule has 0 heterocycles. The van der Waals surface area contributed by atoms with Crippen LogP contribution in [-0.2, 0) is 4.79 Å². The highest BCUT2D eigenvalue weighted by Gasteiger charge is 2.42. The van der Waals surface area contributed by atoms with Crippen LogP contribution in [0.3, 0.4) is 0 Å². The van der Waals surface area contributed by atoms with Crippen molar-refractivity contribution >= 4 is 5.91 Å². The molecular weight excluding hydrogens is 200 g/mol. The van der Waals surface area contributed by atoms with Crippen molar-refractivity contribution in [2.45, 2.75) is 45.1 Å². The molecule has 4 heteroatoms. The Morgan fingerprint density at radius 3 is 2.53 bits per heavy atom. The first kappa shape index (κ1) is 10.8. The van der Waals surface area contributed by atoms with Crippen LogP contribution in [0, 0.1) is 17.8 Å². The van der Waals surface area contributed by atoms with E-state index in [4.69, 9.17) is 0 Å². The van der Waals surface area contributed by atoms with Crippen molar-refractivity contribution < 1.29 is 13.6 Å². The predicted molar refractivity (Wildman–Crippen MR) is 52.5 cm³/mol. The fourth-order valence-corrected chi connectivity index (χ4v) is 3.30. The van der Waals surface area contributed by atoms with Crippen LogP contribution in [0.25, 0.3) is 0 Å². The van der Waals surface area contributed by atoms with Gasteiger partial charge in [0, 0.05) is 6.04 Å². The largest absolute Gasteiger partial charge is 0.348 e. The maximum atomic E-state index is 12.1. The Labute approximate surface area is 88.4 Å². The lowest BCUT2D eigenvalue weighted by Crippen LogP contribution is -2.42. The zero-order chi connectivity index (χ0) is 11.0. The number of amides is 1. The first-order chi connectivity index (χ1) is 7.08. The second kappa shape index (κ2) is 4.06. The molecule has 4 unspecified atom stereocenters. The van der Waals surface area contributed by atoms with E-state index in [1.807, 2.05) is 6.92 Å². The Kier molecular flexibility index (Phi) is 2.94. The Morgan fingerprint density at radius 1 is 1.33 bits per heavy atom. The van der Waals surface area contributed by atoms with Gasteiger partial charge in [0.2, 0.25) is 0 Å². The first-order valence-corrected chi connectivity index (χ1v) is 5.66. The van der Waals surface area contributed by atoms with Crippen molar-refractivity contribution in [2.75, 3.05) is 0 Å². The fraction of sp³-hybridized carbons (Fsp3) is 0.909. The van der Waals surface area contributed by atoms with Crippen molar-refractivity contribution in [3.63, 3.8) is 0 Å². The van der Waals surface area contributed by atoms with Crippen molar-refractivity contribution in [2.24, 2.45) is 17.8 Å². The first-order valence-electron chi connectivity index (χ1n) is 5.66. The maximum absolute atomic E-state index is 12.1. The van der Waals surface area contributed by atoms with E-state index in [2.05, 4.69) is 5.32 Å². The Bertz CT molecular complexity index is 257. The molecule has 0 aromatic rings. The van der Waals surface area contributed by atoms with E-state index in [1.165, 1.54) is 19.3 Å². The molecule has 86 valence electrons. The predicted octanol–water partition coefficient (Wildman–Crippen LogP) is 2.19. The van der Waals surface area contributed by atoms with E-state index < -0.39 is 12.3 Å². The molecule has 1 N–H and O–H groups in total. The smallest absolute Gasteiger partial charge is 0.315 e. The van der Waals surface area contributed by atoms with Gasteiger partial charge in [0.1, 0.15) is 0 Å². The van der Waals surface area contributed by atoms with Gasteiger partial charge in [0.25, 0.3) is 5.91 Å². The Hall–Kier alpha value is -0.670. The van der Waals surface area contributed by atoms with Gasteiger partial charge in [-0.2, -0.15) is 8.78 Å².